The number of rotatable bonds is 3. The third-order valence-corrected chi connectivity index (χ3v) is 5.44. The average molecular weight is 372 g/mol. The molecule has 0 spiro atoms. The van der Waals surface area contributed by atoms with Crippen molar-refractivity contribution in [3.05, 3.63) is 28.8 Å². The molecule has 136 valence electrons. The number of aryl methyl sites for hydroxylation is 1. The zero-order valence-electron chi connectivity index (χ0n) is 14.0. The van der Waals surface area contributed by atoms with Crippen molar-refractivity contribution < 1.29 is 18.0 Å². The lowest BCUT2D eigenvalue weighted by Gasteiger charge is -2.33. The second kappa shape index (κ2) is 6.80. The second-order valence-electron chi connectivity index (χ2n) is 5.93. The molecule has 0 radical (unpaired) electrons. The van der Waals surface area contributed by atoms with Crippen LogP contribution in [0.2, 0.25) is 0 Å². The topological polar surface area (TPSA) is 41.4 Å². The number of alkyl halides is 3. The summed E-state index contributed by atoms with van der Waals surface area (Å²) in [5.74, 6) is -0.0704. The van der Waals surface area contributed by atoms with Crippen LogP contribution in [0.1, 0.15) is 22.3 Å². The molecule has 1 aliphatic rings. The molecule has 0 bridgehead atoms. The Labute approximate surface area is 147 Å². The molecule has 1 fully saturated rings. The van der Waals surface area contributed by atoms with Crippen LogP contribution >= 0.6 is 11.3 Å². The summed E-state index contributed by atoms with van der Waals surface area (Å²) in [6.45, 7) is 6.08. The van der Waals surface area contributed by atoms with Gasteiger partial charge in [-0.2, -0.15) is 18.3 Å². The van der Waals surface area contributed by atoms with Crippen molar-refractivity contribution in [2.45, 2.75) is 13.1 Å². The van der Waals surface area contributed by atoms with Gasteiger partial charge in [0.05, 0.1) is 9.75 Å². The molecule has 1 saturated heterocycles. The molecule has 5 nitrogen and oxygen atoms in total. The molecule has 2 aromatic rings. The molecular formula is C16H19F3N4OS. The lowest BCUT2D eigenvalue weighted by molar-refractivity contribution is -0.143. The van der Waals surface area contributed by atoms with Gasteiger partial charge in [0, 0.05) is 33.2 Å². The second-order valence-corrected chi connectivity index (χ2v) is 7.01. The Morgan fingerprint density at radius 3 is 2.48 bits per heavy atom. The number of halogens is 3. The van der Waals surface area contributed by atoms with E-state index >= 15 is 0 Å². The van der Waals surface area contributed by atoms with Crippen LogP contribution in [0, 0.1) is 0 Å². The molecule has 9 heteroatoms. The first kappa shape index (κ1) is 17.9. The van der Waals surface area contributed by atoms with Crippen LogP contribution in [-0.2, 0) is 13.2 Å². The summed E-state index contributed by atoms with van der Waals surface area (Å²) in [5.41, 5.74) is -0.575. The summed E-state index contributed by atoms with van der Waals surface area (Å²) in [7, 11) is 1.26. The quantitative estimate of drug-likeness (QED) is 0.832. The predicted octanol–water partition coefficient (Wildman–Crippen LogP) is 2.95. The first-order valence-electron chi connectivity index (χ1n) is 8.02. The molecule has 0 atom stereocenters. The van der Waals surface area contributed by atoms with Gasteiger partial charge in [-0.05, 0) is 24.7 Å². The van der Waals surface area contributed by atoms with Crippen LogP contribution in [0.3, 0.4) is 0 Å². The molecule has 0 saturated carbocycles. The first-order chi connectivity index (χ1) is 11.8. The van der Waals surface area contributed by atoms with E-state index in [0.29, 0.717) is 22.8 Å². The first-order valence-corrected chi connectivity index (χ1v) is 8.84. The molecule has 0 N–H and O–H groups in total. The number of carbonyl (C=O) groups is 1. The standard InChI is InChI=1S/C16H19F3N4OS/c1-3-22-6-8-23(9-7-22)15(24)13-5-4-12(25-13)11-10-14(16(17,18)19)21(2)20-11/h4-5,10H,3,6-9H2,1-2H3. The maximum absolute atomic E-state index is 12.9. The van der Waals surface area contributed by atoms with Crippen molar-refractivity contribution in [2.24, 2.45) is 7.05 Å². The van der Waals surface area contributed by atoms with Gasteiger partial charge in [0.15, 0.2) is 0 Å². The van der Waals surface area contributed by atoms with Crippen molar-refractivity contribution in [1.29, 1.82) is 0 Å². The summed E-state index contributed by atoms with van der Waals surface area (Å²) in [6, 6.07) is 4.33. The van der Waals surface area contributed by atoms with Crippen LogP contribution in [0.5, 0.6) is 0 Å². The zero-order valence-corrected chi connectivity index (χ0v) is 14.8. The van der Waals surface area contributed by atoms with E-state index in [4.69, 9.17) is 0 Å². The normalized spacial score (nSPS) is 16.4. The summed E-state index contributed by atoms with van der Waals surface area (Å²) in [5, 5.41) is 3.93. The maximum atomic E-state index is 12.9. The molecule has 0 aliphatic carbocycles. The van der Waals surface area contributed by atoms with Crippen LogP contribution in [0.15, 0.2) is 18.2 Å². The molecule has 0 unspecified atom stereocenters. The van der Waals surface area contributed by atoms with Crippen molar-refractivity contribution in [3.8, 4) is 10.6 Å². The van der Waals surface area contributed by atoms with Crippen LogP contribution in [-0.4, -0.2) is 58.2 Å². The van der Waals surface area contributed by atoms with E-state index < -0.39 is 11.9 Å². The predicted molar refractivity (Wildman–Crippen MR) is 89.5 cm³/mol. The number of amides is 1. The minimum atomic E-state index is -4.45. The number of nitrogens with zero attached hydrogens (tertiary/aromatic N) is 4. The maximum Gasteiger partial charge on any atom is 0.433 e. The summed E-state index contributed by atoms with van der Waals surface area (Å²) < 4.78 is 39.5. The number of aromatic nitrogens is 2. The number of piperazine rings is 1. The molecule has 3 rings (SSSR count). The Bertz CT molecular complexity index is 760. The van der Waals surface area contributed by atoms with Crippen molar-refractivity contribution >= 4 is 17.2 Å². The number of likely N-dealkylation sites (N-methyl/N-ethyl adjacent to an activating group) is 1. The number of hydrogen-bond acceptors (Lipinski definition) is 4. The molecule has 3 heterocycles. The average Bonchev–Trinajstić information content (AvgIpc) is 3.20. The molecule has 25 heavy (non-hydrogen) atoms. The molecule has 1 aliphatic heterocycles. The third-order valence-electron chi connectivity index (χ3n) is 4.35. The highest BCUT2D eigenvalue weighted by molar-refractivity contribution is 7.17. The fraction of sp³-hybridized carbons (Fsp3) is 0.500. The van der Waals surface area contributed by atoms with Crippen molar-refractivity contribution in [2.75, 3.05) is 32.7 Å². The van der Waals surface area contributed by atoms with Gasteiger partial charge in [-0.25, -0.2) is 0 Å². The molecule has 2 aromatic heterocycles. The Balaban J connectivity index is 1.76. The number of thiophene rings is 1. The largest absolute Gasteiger partial charge is 0.433 e. The fourth-order valence-corrected chi connectivity index (χ4v) is 3.80. The van der Waals surface area contributed by atoms with E-state index in [1.54, 1.807) is 17.0 Å². The fourth-order valence-electron chi connectivity index (χ4n) is 2.87. The SMILES string of the molecule is CCN1CCN(C(=O)c2ccc(-c3cc(C(F)(F)F)n(C)n3)s2)CC1. The Hall–Kier alpha value is -1.87. The highest BCUT2D eigenvalue weighted by atomic mass is 32.1. The number of carbonyl (C=O) groups excluding carboxylic acids is 1. The van der Waals surface area contributed by atoms with Gasteiger partial charge in [0.1, 0.15) is 11.4 Å². The monoisotopic (exact) mass is 372 g/mol. The van der Waals surface area contributed by atoms with E-state index in [1.165, 1.54) is 18.4 Å². The summed E-state index contributed by atoms with van der Waals surface area (Å²) in [6.07, 6.45) is -4.45. The Kier molecular flexibility index (Phi) is 4.88. The zero-order chi connectivity index (χ0) is 18.2. The van der Waals surface area contributed by atoms with Gasteiger partial charge < -0.3 is 9.80 Å². The van der Waals surface area contributed by atoms with E-state index in [-0.39, 0.29) is 11.6 Å². The van der Waals surface area contributed by atoms with E-state index in [2.05, 4.69) is 16.9 Å². The lowest BCUT2D eigenvalue weighted by Crippen LogP contribution is -2.48. The minimum absolute atomic E-state index is 0.0704. The Morgan fingerprint density at radius 1 is 1.24 bits per heavy atom. The highest BCUT2D eigenvalue weighted by Gasteiger charge is 2.35. The Morgan fingerprint density at radius 2 is 1.92 bits per heavy atom. The smallest absolute Gasteiger partial charge is 0.335 e. The van der Waals surface area contributed by atoms with Crippen LogP contribution < -0.4 is 0 Å². The van der Waals surface area contributed by atoms with E-state index in [1.807, 2.05) is 0 Å². The molecule has 1 amide bonds. The van der Waals surface area contributed by atoms with Gasteiger partial charge in [-0.1, -0.05) is 6.92 Å². The van der Waals surface area contributed by atoms with Gasteiger partial charge in [0.2, 0.25) is 0 Å². The summed E-state index contributed by atoms with van der Waals surface area (Å²) in [4.78, 5) is 17.7. The molecular weight excluding hydrogens is 353 g/mol. The minimum Gasteiger partial charge on any atom is -0.335 e. The van der Waals surface area contributed by atoms with Gasteiger partial charge in [-0.3, -0.25) is 9.48 Å². The van der Waals surface area contributed by atoms with Crippen molar-refractivity contribution in [3.63, 3.8) is 0 Å². The van der Waals surface area contributed by atoms with Crippen LogP contribution in [0.25, 0.3) is 10.6 Å². The van der Waals surface area contributed by atoms with Gasteiger partial charge in [0.25, 0.3) is 5.91 Å². The van der Waals surface area contributed by atoms with Gasteiger partial charge in [-0.15, -0.1) is 11.3 Å². The highest BCUT2D eigenvalue weighted by Crippen LogP contribution is 2.34. The van der Waals surface area contributed by atoms with Gasteiger partial charge >= 0.3 is 6.18 Å². The summed E-state index contributed by atoms with van der Waals surface area (Å²) >= 11 is 1.18. The van der Waals surface area contributed by atoms with E-state index in [9.17, 15) is 18.0 Å². The van der Waals surface area contributed by atoms with E-state index in [0.717, 1.165) is 30.4 Å². The van der Waals surface area contributed by atoms with Crippen LogP contribution in [0.4, 0.5) is 13.2 Å². The lowest BCUT2D eigenvalue weighted by atomic mass is 10.3. The number of hydrogen-bond donors (Lipinski definition) is 0. The van der Waals surface area contributed by atoms with Crippen molar-refractivity contribution in [1.82, 2.24) is 19.6 Å². The third kappa shape index (κ3) is 3.72. The molecule has 0 aromatic carbocycles.